The van der Waals surface area contributed by atoms with E-state index in [4.69, 9.17) is 17.0 Å². The Hall–Kier alpha value is -1.22. The lowest BCUT2D eigenvalue weighted by Crippen LogP contribution is -3.14. The van der Waals surface area contributed by atoms with Crippen LogP contribution in [0.1, 0.15) is 11.3 Å². The maximum Gasteiger partial charge on any atom is 0.169 e. The Bertz CT molecular complexity index is 490. The SMILES string of the molecule is O=C([O-])CNC(=S)N(CCC[NH+]1CCOCC1)Cc1cccs1. The molecule has 0 atom stereocenters. The van der Waals surface area contributed by atoms with Gasteiger partial charge in [-0.25, -0.2) is 0 Å². The molecule has 1 saturated heterocycles. The molecule has 2 heterocycles. The monoisotopic (exact) mass is 357 g/mol. The minimum absolute atomic E-state index is 0.255. The number of carbonyl (C=O) groups is 1. The van der Waals surface area contributed by atoms with Crippen LogP contribution in [0, 0.1) is 0 Å². The van der Waals surface area contributed by atoms with Gasteiger partial charge in [0, 0.05) is 17.8 Å². The third kappa shape index (κ3) is 6.82. The van der Waals surface area contributed by atoms with Crippen molar-refractivity contribution in [2.45, 2.75) is 13.0 Å². The number of nitrogens with zero attached hydrogens (tertiary/aromatic N) is 1. The van der Waals surface area contributed by atoms with Crippen molar-refractivity contribution in [3.05, 3.63) is 22.4 Å². The Morgan fingerprint density at radius 2 is 2.26 bits per heavy atom. The first-order valence-corrected chi connectivity index (χ1v) is 9.10. The number of thiocarbonyl (C=S) groups is 1. The van der Waals surface area contributed by atoms with Gasteiger partial charge in [-0.15, -0.1) is 11.3 Å². The van der Waals surface area contributed by atoms with Gasteiger partial charge in [-0.3, -0.25) is 0 Å². The number of hydrogen-bond donors (Lipinski definition) is 2. The molecule has 2 rings (SSSR count). The van der Waals surface area contributed by atoms with Crippen LogP contribution < -0.4 is 15.3 Å². The number of quaternary nitrogens is 1. The molecule has 1 aromatic heterocycles. The van der Waals surface area contributed by atoms with Crippen LogP contribution in [0.4, 0.5) is 0 Å². The second-order valence-electron chi connectivity index (χ2n) is 5.50. The quantitative estimate of drug-likeness (QED) is 0.551. The van der Waals surface area contributed by atoms with Crippen LogP contribution in [0.25, 0.3) is 0 Å². The van der Waals surface area contributed by atoms with Gasteiger partial charge in [0.1, 0.15) is 13.1 Å². The summed E-state index contributed by atoms with van der Waals surface area (Å²) in [5, 5.41) is 15.9. The van der Waals surface area contributed by atoms with E-state index in [0.29, 0.717) is 11.7 Å². The Kier molecular flexibility index (Phi) is 7.73. The summed E-state index contributed by atoms with van der Waals surface area (Å²) in [7, 11) is 0. The number of carboxylic acid groups (broad SMARTS) is 1. The molecule has 6 nitrogen and oxygen atoms in total. The Balaban J connectivity index is 1.81. The second kappa shape index (κ2) is 9.82. The molecule has 0 saturated carbocycles. The fraction of sp³-hybridized carbons (Fsp3) is 0.600. The fourth-order valence-electron chi connectivity index (χ4n) is 2.53. The van der Waals surface area contributed by atoms with Crippen LogP contribution >= 0.6 is 23.6 Å². The zero-order chi connectivity index (χ0) is 16.5. The average Bonchev–Trinajstić information content (AvgIpc) is 3.05. The number of aliphatic carboxylic acids is 1. The maximum atomic E-state index is 10.6. The third-order valence-electron chi connectivity index (χ3n) is 3.76. The molecule has 0 amide bonds. The molecule has 128 valence electrons. The van der Waals surface area contributed by atoms with E-state index in [-0.39, 0.29) is 6.54 Å². The summed E-state index contributed by atoms with van der Waals surface area (Å²) in [6.45, 7) is 6.11. The molecule has 0 bridgehead atoms. The van der Waals surface area contributed by atoms with Crippen LogP contribution in [0.3, 0.4) is 0 Å². The van der Waals surface area contributed by atoms with Crippen molar-refractivity contribution in [2.24, 2.45) is 0 Å². The third-order valence-corrected chi connectivity index (χ3v) is 5.02. The van der Waals surface area contributed by atoms with E-state index in [2.05, 4.69) is 11.4 Å². The van der Waals surface area contributed by atoms with E-state index in [1.807, 2.05) is 16.3 Å². The van der Waals surface area contributed by atoms with Gasteiger partial charge in [-0.2, -0.15) is 0 Å². The van der Waals surface area contributed by atoms with Crippen LogP contribution in [0.2, 0.25) is 0 Å². The normalized spacial score (nSPS) is 15.3. The molecule has 2 N–H and O–H groups in total. The number of carboxylic acids is 1. The standard InChI is InChI=1S/C15H23N3O3S2/c19-14(20)11-16-15(22)18(12-13-3-1-10-23-13)5-2-4-17-6-8-21-9-7-17/h1,3,10H,2,4-9,11-12H2,(H,16,22)(H,19,20). The first-order valence-electron chi connectivity index (χ1n) is 7.81. The van der Waals surface area contributed by atoms with E-state index < -0.39 is 5.97 Å². The van der Waals surface area contributed by atoms with Crippen molar-refractivity contribution in [3.8, 4) is 0 Å². The van der Waals surface area contributed by atoms with E-state index >= 15 is 0 Å². The molecule has 23 heavy (non-hydrogen) atoms. The van der Waals surface area contributed by atoms with Crippen LogP contribution in [-0.2, 0) is 16.1 Å². The molecular formula is C15H23N3O3S2. The summed E-state index contributed by atoms with van der Waals surface area (Å²) in [4.78, 5) is 15.4. The van der Waals surface area contributed by atoms with Gasteiger partial charge in [-0.1, -0.05) is 6.07 Å². The Morgan fingerprint density at radius 1 is 1.48 bits per heavy atom. The van der Waals surface area contributed by atoms with Crippen LogP contribution in [-0.4, -0.2) is 61.9 Å². The van der Waals surface area contributed by atoms with Gasteiger partial charge in [0.15, 0.2) is 5.11 Å². The molecular weight excluding hydrogens is 334 g/mol. The zero-order valence-corrected chi connectivity index (χ0v) is 14.7. The van der Waals surface area contributed by atoms with E-state index in [9.17, 15) is 9.90 Å². The number of ether oxygens (including phenoxy) is 1. The van der Waals surface area contributed by atoms with Crippen molar-refractivity contribution >= 4 is 34.6 Å². The molecule has 0 aliphatic carbocycles. The van der Waals surface area contributed by atoms with Gasteiger partial charge in [0.2, 0.25) is 0 Å². The molecule has 1 fully saturated rings. The lowest BCUT2D eigenvalue weighted by Gasteiger charge is -2.28. The fourth-order valence-corrected chi connectivity index (χ4v) is 3.48. The minimum atomic E-state index is -1.15. The number of hydrogen-bond acceptors (Lipinski definition) is 5. The van der Waals surface area contributed by atoms with Gasteiger partial charge in [-0.05, 0) is 23.7 Å². The smallest absolute Gasteiger partial charge is 0.169 e. The Morgan fingerprint density at radius 3 is 2.91 bits per heavy atom. The lowest BCUT2D eigenvalue weighted by molar-refractivity contribution is -0.908. The number of morpholine rings is 1. The lowest BCUT2D eigenvalue weighted by atomic mass is 10.3. The summed E-state index contributed by atoms with van der Waals surface area (Å²) < 4.78 is 5.37. The predicted molar refractivity (Wildman–Crippen MR) is 91.3 cm³/mol. The molecule has 1 aromatic rings. The molecule has 0 radical (unpaired) electrons. The van der Waals surface area contributed by atoms with Gasteiger partial charge >= 0.3 is 0 Å². The predicted octanol–water partition coefficient (Wildman–Crippen LogP) is -1.52. The molecule has 0 unspecified atom stereocenters. The van der Waals surface area contributed by atoms with Crippen molar-refractivity contribution in [1.82, 2.24) is 10.2 Å². The number of carbonyl (C=O) groups excluding carboxylic acids is 1. The molecule has 0 spiro atoms. The summed E-state index contributed by atoms with van der Waals surface area (Å²) in [6, 6.07) is 4.07. The highest BCUT2D eigenvalue weighted by Gasteiger charge is 2.15. The minimum Gasteiger partial charge on any atom is -0.548 e. The van der Waals surface area contributed by atoms with Crippen molar-refractivity contribution in [2.75, 3.05) is 45.9 Å². The van der Waals surface area contributed by atoms with E-state index in [0.717, 1.165) is 45.8 Å². The molecule has 0 aromatic carbocycles. The number of rotatable bonds is 8. The molecule has 8 heteroatoms. The first kappa shape index (κ1) is 18.1. The average molecular weight is 358 g/mol. The summed E-state index contributed by atoms with van der Waals surface area (Å²) in [5.41, 5.74) is 0. The van der Waals surface area contributed by atoms with Crippen LogP contribution in [0.15, 0.2) is 17.5 Å². The number of thiophene rings is 1. The first-order chi connectivity index (χ1) is 11.1. The molecule has 1 aliphatic heterocycles. The highest BCUT2D eigenvalue weighted by atomic mass is 32.1. The van der Waals surface area contributed by atoms with E-state index in [1.54, 1.807) is 16.2 Å². The zero-order valence-electron chi connectivity index (χ0n) is 13.1. The van der Waals surface area contributed by atoms with Crippen LogP contribution in [0.5, 0.6) is 0 Å². The van der Waals surface area contributed by atoms with Crippen molar-refractivity contribution in [1.29, 1.82) is 0 Å². The largest absolute Gasteiger partial charge is 0.548 e. The van der Waals surface area contributed by atoms with Crippen molar-refractivity contribution in [3.63, 3.8) is 0 Å². The van der Waals surface area contributed by atoms with Gasteiger partial charge in [0.25, 0.3) is 0 Å². The summed E-state index contributed by atoms with van der Waals surface area (Å²) in [5.74, 6) is -1.15. The highest BCUT2D eigenvalue weighted by Crippen LogP contribution is 2.12. The summed E-state index contributed by atoms with van der Waals surface area (Å²) >= 11 is 7.01. The Labute approximate surface area is 146 Å². The number of nitrogens with one attached hydrogen (secondary N) is 2. The van der Waals surface area contributed by atoms with Crippen molar-refractivity contribution < 1.29 is 19.5 Å². The van der Waals surface area contributed by atoms with E-state index in [1.165, 1.54) is 4.88 Å². The summed E-state index contributed by atoms with van der Waals surface area (Å²) in [6.07, 6.45) is 1.01. The second-order valence-corrected chi connectivity index (χ2v) is 6.92. The highest BCUT2D eigenvalue weighted by molar-refractivity contribution is 7.80. The maximum absolute atomic E-state index is 10.6. The van der Waals surface area contributed by atoms with Gasteiger partial charge in [0.05, 0.1) is 38.8 Å². The molecule has 1 aliphatic rings. The van der Waals surface area contributed by atoms with Gasteiger partial charge < -0.3 is 29.8 Å². The topological polar surface area (TPSA) is 69.1 Å².